The number of aromatic nitrogens is 2. The number of likely N-dealkylation sites (N-methyl/N-ethyl adjacent to an activating group) is 2. The molecule has 2 amide bonds. The zero-order valence-corrected chi connectivity index (χ0v) is 18.7. The number of fused-ring (bicyclic) bond motifs is 1. The molecule has 0 fully saturated rings. The molecule has 0 spiro atoms. The molecular weight excluding hydrogens is 397 g/mol. The number of halogens is 1. The lowest BCUT2D eigenvalue weighted by Gasteiger charge is -2.30. The van der Waals surface area contributed by atoms with Crippen LogP contribution in [0.5, 0.6) is 0 Å². The van der Waals surface area contributed by atoms with Gasteiger partial charge in [0.15, 0.2) is 0 Å². The molecule has 8 heteroatoms. The summed E-state index contributed by atoms with van der Waals surface area (Å²) in [5, 5.41) is 0. The minimum absolute atomic E-state index is 0.00839. The SMILES string of the molecule is CCN(CC)C(=O)CN(C)Cc1nc(C)c2c(n1)N(Cc1ccc(F)cc1)C(=O)CC2. The van der Waals surface area contributed by atoms with Gasteiger partial charge in [-0.15, -0.1) is 0 Å². The number of nitrogens with zero attached hydrogens (tertiary/aromatic N) is 5. The Morgan fingerprint density at radius 1 is 1.13 bits per heavy atom. The van der Waals surface area contributed by atoms with Gasteiger partial charge in [0.25, 0.3) is 0 Å². The van der Waals surface area contributed by atoms with Gasteiger partial charge in [0.05, 0.1) is 19.6 Å². The van der Waals surface area contributed by atoms with E-state index < -0.39 is 0 Å². The third-order valence-corrected chi connectivity index (χ3v) is 5.57. The molecule has 1 aromatic carbocycles. The Morgan fingerprint density at radius 2 is 1.81 bits per heavy atom. The molecule has 1 aliphatic rings. The fraction of sp³-hybridized carbons (Fsp3) is 0.478. The summed E-state index contributed by atoms with van der Waals surface area (Å²) in [7, 11) is 1.86. The van der Waals surface area contributed by atoms with E-state index in [0.717, 1.165) is 16.8 Å². The predicted octanol–water partition coefficient (Wildman–Crippen LogP) is 2.70. The van der Waals surface area contributed by atoms with E-state index in [2.05, 4.69) is 4.98 Å². The first kappa shape index (κ1) is 22.8. The molecule has 0 N–H and O–H groups in total. The number of hydrogen-bond acceptors (Lipinski definition) is 5. The van der Waals surface area contributed by atoms with Crippen molar-refractivity contribution < 1.29 is 14.0 Å². The maximum atomic E-state index is 13.3. The average molecular weight is 428 g/mol. The van der Waals surface area contributed by atoms with Crippen LogP contribution in [0.4, 0.5) is 10.2 Å². The van der Waals surface area contributed by atoms with Crippen molar-refractivity contribution in [3.63, 3.8) is 0 Å². The highest BCUT2D eigenvalue weighted by molar-refractivity contribution is 5.95. The first-order valence-electron chi connectivity index (χ1n) is 10.7. The summed E-state index contributed by atoms with van der Waals surface area (Å²) >= 11 is 0. The normalized spacial score (nSPS) is 13.5. The van der Waals surface area contributed by atoms with Crippen LogP contribution < -0.4 is 4.90 Å². The third-order valence-electron chi connectivity index (χ3n) is 5.57. The van der Waals surface area contributed by atoms with Gasteiger partial charge >= 0.3 is 0 Å². The topological polar surface area (TPSA) is 69.6 Å². The highest BCUT2D eigenvalue weighted by Crippen LogP contribution is 2.29. The molecule has 0 unspecified atom stereocenters. The van der Waals surface area contributed by atoms with Crippen molar-refractivity contribution in [2.24, 2.45) is 0 Å². The molecule has 31 heavy (non-hydrogen) atoms. The molecule has 1 aromatic heterocycles. The number of amides is 2. The lowest BCUT2D eigenvalue weighted by molar-refractivity contribution is -0.131. The molecular formula is C23H30FN5O2. The number of carbonyl (C=O) groups excluding carboxylic acids is 2. The van der Waals surface area contributed by atoms with E-state index in [9.17, 15) is 14.0 Å². The fourth-order valence-electron chi connectivity index (χ4n) is 3.85. The maximum Gasteiger partial charge on any atom is 0.236 e. The van der Waals surface area contributed by atoms with Crippen LogP contribution in [0.1, 0.15) is 42.9 Å². The molecule has 3 rings (SSSR count). The molecule has 166 valence electrons. The van der Waals surface area contributed by atoms with E-state index in [0.29, 0.717) is 50.7 Å². The second kappa shape index (κ2) is 9.96. The lowest BCUT2D eigenvalue weighted by atomic mass is 10.0. The summed E-state index contributed by atoms with van der Waals surface area (Å²) in [5.74, 6) is 0.939. The Labute approximate surface area is 182 Å². The molecule has 0 atom stereocenters. The van der Waals surface area contributed by atoms with Crippen molar-refractivity contribution in [3.05, 3.63) is 52.7 Å². The van der Waals surface area contributed by atoms with Crippen molar-refractivity contribution in [2.75, 3.05) is 31.6 Å². The van der Waals surface area contributed by atoms with E-state index in [1.165, 1.54) is 12.1 Å². The molecule has 0 saturated carbocycles. The van der Waals surface area contributed by atoms with Crippen LogP contribution in [-0.4, -0.2) is 58.3 Å². The van der Waals surface area contributed by atoms with Crippen LogP contribution in [0, 0.1) is 12.7 Å². The van der Waals surface area contributed by atoms with Gasteiger partial charge in [-0.05, 0) is 51.9 Å². The molecule has 0 saturated heterocycles. The van der Waals surface area contributed by atoms with Crippen LogP contribution in [0.2, 0.25) is 0 Å². The lowest BCUT2D eigenvalue weighted by Crippen LogP contribution is -2.39. The minimum Gasteiger partial charge on any atom is -0.342 e. The number of benzene rings is 1. The van der Waals surface area contributed by atoms with E-state index in [4.69, 9.17) is 4.98 Å². The molecule has 7 nitrogen and oxygen atoms in total. The summed E-state index contributed by atoms with van der Waals surface area (Å²) in [6.45, 7) is 8.22. The van der Waals surface area contributed by atoms with Crippen molar-refractivity contribution >= 4 is 17.6 Å². The average Bonchev–Trinajstić information content (AvgIpc) is 2.72. The predicted molar refractivity (Wildman–Crippen MR) is 117 cm³/mol. The second-order valence-corrected chi connectivity index (χ2v) is 7.87. The largest absolute Gasteiger partial charge is 0.342 e. The summed E-state index contributed by atoms with van der Waals surface area (Å²) in [6, 6.07) is 6.14. The van der Waals surface area contributed by atoms with E-state index >= 15 is 0 Å². The Kier molecular flexibility index (Phi) is 7.33. The molecule has 2 heterocycles. The summed E-state index contributed by atoms with van der Waals surface area (Å²) in [4.78, 5) is 39.8. The zero-order valence-electron chi connectivity index (χ0n) is 18.7. The van der Waals surface area contributed by atoms with Gasteiger partial charge in [-0.3, -0.25) is 19.4 Å². The standard InChI is InChI=1S/C23H30FN5O2/c1-5-28(6-2)22(31)15-27(4)14-20-25-16(3)19-11-12-21(30)29(23(19)26-20)13-17-7-9-18(24)10-8-17/h7-10H,5-6,11-15H2,1-4H3. The van der Waals surface area contributed by atoms with Crippen LogP contribution in [-0.2, 0) is 29.1 Å². The monoisotopic (exact) mass is 427 g/mol. The quantitative estimate of drug-likeness (QED) is 0.648. The van der Waals surface area contributed by atoms with Crippen LogP contribution in [0.25, 0.3) is 0 Å². The molecule has 2 aromatic rings. The highest BCUT2D eigenvalue weighted by Gasteiger charge is 2.28. The number of hydrogen-bond donors (Lipinski definition) is 0. The zero-order chi connectivity index (χ0) is 22.5. The van der Waals surface area contributed by atoms with Crippen LogP contribution in [0.15, 0.2) is 24.3 Å². The molecule has 1 aliphatic heterocycles. The third kappa shape index (κ3) is 5.44. The molecule has 0 aliphatic carbocycles. The molecule has 0 radical (unpaired) electrons. The van der Waals surface area contributed by atoms with Gasteiger partial charge in [-0.1, -0.05) is 12.1 Å². The van der Waals surface area contributed by atoms with Crippen LogP contribution >= 0.6 is 0 Å². The van der Waals surface area contributed by atoms with E-state index in [1.54, 1.807) is 21.9 Å². The number of carbonyl (C=O) groups is 2. The van der Waals surface area contributed by atoms with Gasteiger partial charge in [0, 0.05) is 30.8 Å². The van der Waals surface area contributed by atoms with E-state index in [1.807, 2.05) is 32.7 Å². The number of aryl methyl sites for hydroxylation is 1. The Hall–Kier alpha value is -2.87. The molecule has 0 bridgehead atoms. The van der Waals surface area contributed by atoms with Crippen molar-refractivity contribution in [1.29, 1.82) is 0 Å². The van der Waals surface area contributed by atoms with Gasteiger partial charge in [0.1, 0.15) is 17.5 Å². The smallest absolute Gasteiger partial charge is 0.236 e. The Bertz CT molecular complexity index is 944. The first-order chi connectivity index (χ1) is 14.8. The van der Waals surface area contributed by atoms with Gasteiger partial charge in [-0.2, -0.15) is 0 Å². The first-order valence-corrected chi connectivity index (χ1v) is 10.7. The second-order valence-electron chi connectivity index (χ2n) is 7.87. The van der Waals surface area contributed by atoms with Crippen molar-refractivity contribution in [1.82, 2.24) is 19.8 Å². The van der Waals surface area contributed by atoms with Gasteiger partial charge in [-0.25, -0.2) is 14.4 Å². The Balaban J connectivity index is 1.81. The minimum atomic E-state index is -0.308. The fourth-order valence-corrected chi connectivity index (χ4v) is 3.85. The van der Waals surface area contributed by atoms with E-state index in [-0.39, 0.29) is 24.2 Å². The number of rotatable bonds is 8. The Morgan fingerprint density at radius 3 is 2.45 bits per heavy atom. The maximum absolute atomic E-state index is 13.3. The summed E-state index contributed by atoms with van der Waals surface area (Å²) < 4.78 is 13.3. The van der Waals surface area contributed by atoms with Crippen LogP contribution in [0.3, 0.4) is 0 Å². The highest BCUT2D eigenvalue weighted by atomic mass is 19.1. The van der Waals surface area contributed by atoms with Gasteiger partial charge in [0.2, 0.25) is 11.8 Å². The van der Waals surface area contributed by atoms with Crippen molar-refractivity contribution in [3.8, 4) is 0 Å². The summed E-state index contributed by atoms with van der Waals surface area (Å²) in [6.07, 6.45) is 1.01. The number of anilines is 1. The van der Waals surface area contributed by atoms with Gasteiger partial charge < -0.3 is 4.90 Å². The summed E-state index contributed by atoms with van der Waals surface area (Å²) in [5.41, 5.74) is 2.65. The van der Waals surface area contributed by atoms with Crippen molar-refractivity contribution in [2.45, 2.75) is 46.7 Å².